The minimum Gasteiger partial charge on any atom is -0.280 e. The number of para-hydroxylation sites is 1. The smallest absolute Gasteiger partial charge is 0.264 e. The van der Waals surface area contributed by atoms with Crippen LogP contribution in [-0.2, 0) is 10.0 Å². The highest BCUT2D eigenvalue weighted by Crippen LogP contribution is 2.28. The average Bonchev–Trinajstić information content (AvgIpc) is 2.56. The summed E-state index contributed by atoms with van der Waals surface area (Å²) in [7, 11) is -3.86. The Bertz CT molecular complexity index is 1010. The Morgan fingerprint density at radius 2 is 1.75 bits per heavy atom. The molecule has 24 heavy (non-hydrogen) atoms. The number of sulfonamides is 1. The van der Waals surface area contributed by atoms with Gasteiger partial charge in [0.15, 0.2) is 0 Å². The summed E-state index contributed by atoms with van der Waals surface area (Å²) in [5.74, 6) is 0. The number of anilines is 1. The van der Waals surface area contributed by atoms with E-state index in [9.17, 15) is 13.2 Å². The molecule has 8 heteroatoms. The Kier molecular flexibility index (Phi) is 4.37. The highest BCUT2D eigenvalue weighted by Gasteiger charge is 2.19. The van der Waals surface area contributed by atoms with Crippen LogP contribution in [0.4, 0.5) is 5.69 Å². The largest absolute Gasteiger partial charge is 0.280 e. The van der Waals surface area contributed by atoms with Gasteiger partial charge >= 0.3 is 0 Å². The van der Waals surface area contributed by atoms with Gasteiger partial charge in [0, 0.05) is 17.3 Å². The predicted octanol–water partition coefficient (Wildman–Crippen LogP) is 2.89. The van der Waals surface area contributed by atoms with Gasteiger partial charge in [-0.2, -0.15) is 5.10 Å². The van der Waals surface area contributed by atoms with Crippen molar-refractivity contribution in [1.82, 2.24) is 10.2 Å². The Morgan fingerprint density at radius 1 is 1.00 bits per heavy atom. The first-order chi connectivity index (χ1) is 11.5. The van der Waals surface area contributed by atoms with Gasteiger partial charge in [0.2, 0.25) is 0 Å². The van der Waals surface area contributed by atoms with Crippen molar-refractivity contribution in [2.45, 2.75) is 4.90 Å². The number of nitrogens with one attached hydrogen (secondary N) is 2. The van der Waals surface area contributed by atoms with Crippen LogP contribution in [0.2, 0.25) is 5.02 Å². The van der Waals surface area contributed by atoms with Gasteiger partial charge in [-0.15, -0.1) is 0 Å². The first kappa shape index (κ1) is 16.2. The highest BCUT2D eigenvalue weighted by atomic mass is 35.5. The number of aromatic amines is 1. The van der Waals surface area contributed by atoms with E-state index in [0.29, 0.717) is 16.9 Å². The standard InChI is InChI=1S/C16H12ClN3O3S/c17-13-7-6-11(14-8-9-16(21)19-18-14)10-15(13)24(22,23)20-12-4-2-1-3-5-12/h1-10,20H,(H,19,21). The number of halogens is 1. The van der Waals surface area contributed by atoms with E-state index in [1.807, 2.05) is 0 Å². The lowest BCUT2D eigenvalue weighted by atomic mass is 10.1. The van der Waals surface area contributed by atoms with Crippen LogP contribution in [0.15, 0.2) is 70.4 Å². The van der Waals surface area contributed by atoms with Crippen molar-refractivity contribution >= 4 is 27.3 Å². The van der Waals surface area contributed by atoms with Crippen LogP contribution < -0.4 is 10.3 Å². The van der Waals surface area contributed by atoms with E-state index in [1.165, 1.54) is 24.3 Å². The summed E-state index contributed by atoms with van der Waals surface area (Å²) in [6.07, 6.45) is 0. The van der Waals surface area contributed by atoms with E-state index in [2.05, 4.69) is 14.9 Å². The van der Waals surface area contributed by atoms with Crippen LogP contribution in [0, 0.1) is 0 Å². The van der Waals surface area contributed by atoms with Crippen molar-refractivity contribution in [2.24, 2.45) is 0 Å². The second-order valence-electron chi connectivity index (χ2n) is 4.92. The third-order valence-electron chi connectivity index (χ3n) is 3.22. The van der Waals surface area contributed by atoms with Gasteiger partial charge < -0.3 is 0 Å². The van der Waals surface area contributed by atoms with Crippen LogP contribution >= 0.6 is 11.6 Å². The molecule has 0 atom stereocenters. The third kappa shape index (κ3) is 3.47. The zero-order valence-corrected chi connectivity index (χ0v) is 13.8. The van der Waals surface area contributed by atoms with E-state index in [1.54, 1.807) is 36.4 Å². The molecule has 1 heterocycles. The molecule has 0 bridgehead atoms. The summed E-state index contributed by atoms with van der Waals surface area (Å²) < 4.78 is 27.6. The molecule has 3 rings (SSSR count). The van der Waals surface area contributed by atoms with E-state index in [4.69, 9.17) is 11.6 Å². The third-order valence-corrected chi connectivity index (χ3v) is 5.08. The lowest BCUT2D eigenvalue weighted by molar-refractivity contribution is 0.601. The van der Waals surface area contributed by atoms with E-state index >= 15 is 0 Å². The molecule has 6 nitrogen and oxygen atoms in total. The lowest BCUT2D eigenvalue weighted by Crippen LogP contribution is -2.13. The molecule has 0 radical (unpaired) electrons. The number of nitrogens with zero attached hydrogens (tertiary/aromatic N) is 1. The number of aromatic nitrogens is 2. The maximum atomic E-state index is 12.6. The van der Waals surface area contributed by atoms with Crippen LogP contribution in [0.25, 0.3) is 11.3 Å². The van der Waals surface area contributed by atoms with Gasteiger partial charge in [-0.25, -0.2) is 13.5 Å². The molecule has 0 amide bonds. The second kappa shape index (κ2) is 6.46. The van der Waals surface area contributed by atoms with Crippen LogP contribution in [0.1, 0.15) is 0 Å². The normalized spacial score (nSPS) is 11.2. The van der Waals surface area contributed by atoms with E-state index < -0.39 is 10.0 Å². The van der Waals surface area contributed by atoms with Gasteiger partial charge in [0.05, 0.1) is 10.7 Å². The fraction of sp³-hybridized carbons (Fsp3) is 0. The van der Waals surface area contributed by atoms with Gasteiger partial charge in [-0.3, -0.25) is 9.52 Å². The molecule has 0 saturated heterocycles. The molecule has 1 aromatic heterocycles. The average molecular weight is 362 g/mol. The zero-order valence-electron chi connectivity index (χ0n) is 12.2. The molecule has 2 aromatic carbocycles. The number of rotatable bonds is 4. The number of H-pyrrole nitrogens is 1. The molecule has 0 aliphatic rings. The summed E-state index contributed by atoms with van der Waals surface area (Å²) in [4.78, 5) is 11.0. The summed E-state index contributed by atoms with van der Waals surface area (Å²) in [5.41, 5.74) is 1.04. The lowest BCUT2D eigenvalue weighted by Gasteiger charge is -2.11. The zero-order chi connectivity index (χ0) is 17.2. The summed E-state index contributed by atoms with van der Waals surface area (Å²) in [6.45, 7) is 0. The first-order valence-corrected chi connectivity index (χ1v) is 8.75. The Hall–Kier alpha value is -2.64. The molecule has 3 aromatic rings. The van der Waals surface area contributed by atoms with Crippen LogP contribution in [-0.4, -0.2) is 18.6 Å². The van der Waals surface area contributed by atoms with Gasteiger partial charge in [-0.05, 0) is 30.3 Å². The van der Waals surface area contributed by atoms with Crippen molar-refractivity contribution in [1.29, 1.82) is 0 Å². The molecule has 0 spiro atoms. The van der Waals surface area contributed by atoms with Gasteiger partial charge in [0.1, 0.15) is 4.90 Å². The number of hydrogen-bond donors (Lipinski definition) is 2. The quantitative estimate of drug-likeness (QED) is 0.747. The molecule has 0 saturated carbocycles. The molecule has 0 fully saturated rings. The van der Waals surface area contributed by atoms with Crippen molar-refractivity contribution in [3.63, 3.8) is 0 Å². The molecule has 0 unspecified atom stereocenters. The molecular weight excluding hydrogens is 350 g/mol. The number of benzene rings is 2. The van der Waals surface area contributed by atoms with E-state index in [0.717, 1.165) is 0 Å². The van der Waals surface area contributed by atoms with Gasteiger partial charge in [0.25, 0.3) is 15.6 Å². The highest BCUT2D eigenvalue weighted by molar-refractivity contribution is 7.92. The van der Waals surface area contributed by atoms with Crippen molar-refractivity contribution in [3.8, 4) is 11.3 Å². The Labute approximate surface area is 143 Å². The Balaban J connectivity index is 2.02. The molecule has 2 N–H and O–H groups in total. The molecule has 0 aliphatic heterocycles. The van der Waals surface area contributed by atoms with Crippen molar-refractivity contribution in [3.05, 3.63) is 76.0 Å². The van der Waals surface area contributed by atoms with Crippen molar-refractivity contribution in [2.75, 3.05) is 4.72 Å². The van der Waals surface area contributed by atoms with E-state index in [-0.39, 0.29) is 15.5 Å². The maximum absolute atomic E-state index is 12.6. The monoisotopic (exact) mass is 361 g/mol. The fourth-order valence-corrected chi connectivity index (χ4v) is 3.68. The topological polar surface area (TPSA) is 91.9 Å². The van der Waals surface area contributed by atoms with Crippen LogP contribution in [0.3, 0.4) is 0 Å². The SMILES string of the molecule is O=c1ccc(-c2ccc(Cl)c(S(=O)(=O)Nc3ccccc3)c2)n[nH]1. The maximum Gasteiger partial charge on any atom is 0.264 e. The van der Waals surface area contributed by atoms with Crippen LogP contribution in [0.5, 0.6) is 0 Å². The van der Waals surface area contributed by atoms with Gasteiger partial charge in [-0.1, -0.05) is 35.9 Å². The Morgan fingerprint density at radius 3 is 2.42 bits per heavy atom. The summed E-state index contributed by atoms with van der Waals surface area (Å²) in [6, 6.07) is 15.8. The fourth-order valence-electron chi connectivity index (χ4n) is 2.09. The number of hydrogen-bond acceptors (Lipinski definition) is 4. The predicted molar refractivity (Wildman–Crippen MR) is 92.6 cm³/mol. The first-order valence-electron chi connectivity index (χ1n) is 6.89. The minimum atomic E-state index is -3.86. The second-order valence-corrected chi connectivity index (χ2v) is 6.98. The molecular formula is C16H12ClN3O3S. The van der Waals surface area contributed by atoms with Crippen molar-refractivity contribution < 1.29 is 8.42 Å². The molecule has 0 aliphatic carbocycles. The molecule has 122 valence electrons. The minimum absolute atomic E-state index is 0.0708. The summed E-state index contributed by atoms with van der Waals surface area (Å²) in [5, 5.41) is 6.29. The summed E-state index contributed by atoms with van der Waals surface area (Å²) >= 11 is 6.06.